The van der Waals surface area contributed by atoms with Gasteiger partial charge < -0.3 is 0 Å². The van der Waals surface area contributed by atoms with Crippen LogP contribution in [0.5, 0.6) is 0 Å². The van der Waals surface area contributed by atoms with Gasteiger partial charge in [0.25, 0.3) is 0 Å². The summed E-state index contributed by atoms with van der Waals surface area (Å²) in [6, 6.07) is 55.2. The number of aromatic nitrogens is 2. The van der Waals surface area contributed by atoms with E-state index in [0.717, 1.165) is 58.7 Å². The maximum absolute atomic E-state index is 9.41. The van der Waals surface area contributed by atoms with E-state index >= 15 is 0 Å². The molecule has 0 saturated heterocycles. The zero-order valence-corrected chi connectivity index (χ0v) is 31.6. The molecule has 3 heteroatoms. The average molecular weight is 710 g/mol. The van der Waals surface area contributed by atoms with Crippen LogP contribution in [0, 0.1) is 11.3 Å². The van der Waals surface area contributed by atoms with Crippen molar-refractivity contribution in [2.45, 2.75) is 45.4 Å². The van der Waals surface area contributed by atoms with Gasteiger partial charge in [0.05, 0.1) is 23.0 Å². The number of allylic oxidation sites excluding steroid dienone is 6. The highest BCUT2D eigenvalue weighted by atomic mass is 14.9. The molecular weight excluding hydrogens is 667 g/mol. The van der Waals surface area contributed by atoms with Crippen LogP contribution >= 0.6 is 0 Å². The topological polar surface area (TPSA) is 49.6 Å². The fourth-order valence-electron chi connectivity index (χ4n) is 7.88. The second kappa shape index (κ2) is 15.4. The molecule has 0 saturated carbocycles. The molecular formula is C52H43N3. The molecule has 3 nitrogen and oxygen atoms in total. The SMILES string of the molecule is CC.CC1(c2ccc(-c3cc(-c4ccccc4)nc(-c4ccccc4)n3)cc2)C=C2C(=CC1)CCC=C2c1cc(-c2ccc(C#N)cc2)c2ccccc2c1. The van der Waals surface area contributed by atoms with Crippen molar-refractivity contribution in [2.24, 2.45) is 0 Å². The van der Waals surface area contributed by atoms with Crippen LogP contribution in [-0.2, 0) is 5.41 Å². The third kappa shape index (κ3) is 7.08. The van der Waals surface area contributed by atoms with Crippen LogP contribution in [0.15, 0.2) is 181 Å². The summed E-state index contributed by atoms with van der Waals surface area (Å²) in [5.41, 5.74) is 14.3. The van der Waals surface area contributed by atoms with E-state index in [0.29, 0.717) is 5.56 Å². The maximum atomic E-state index is 9.41. The molecule has 1 atom stereocenters. The molecule has 0 N–H and O–H groups in total. The van der Waals surface area contributed by atoms with Crippen LogP contribution in [0.1, 0.15) is 56.7 Å². The summed E-state index contributed by atoms with van der Waals surface area (Å²) in [4.78, 5) is 10.0. The van der Waals surface area contributed by atoms with Crippen LogP contribution in [0.2, 0.25) is 0 Å². The minimum absolute atomic E-state index is 0.170. The summed E-state index contributed by atoms with van der Waals surface area (Å²) in [5.74, 6) is 0.723. The van der Waals surface area contributed by atoms with Crippen LogP contribution in [0.3, 0.4) is 0 Å². The van der Waals surface area contributed by atoms with Crippen LogP contribution in [0.25, 0.3) is 61.4 Å². The van der Waals surface area contributed by atoms with E-state index in [9.17, 15) is 5.26 Å². The molecule has 6 aromatic carbocycles. The second-order valence-electron chi connectivity index (χ2n) is 14.3. The summed E-state index contributed by atoms with van der Waals surface area (Å²) in [6.45, 7) is 6.36. The molecule has 2 aliphatic rings. The predicted molar refractivity (Wildman–Crippen MR) is 229 cm³/mol. The smallest absolute Gasteiger partial charge is 0.160 e. The minimum Gasteiger partial charge on any atom is -0.228 e. The predicted octanol–water partition coefficient (Wildman–Crippen LogP) is 13.6. The number of benzene rings is 6. The van der Waals surface area contributed by atoms with Gasteiger partial charge >= 0.3 is 0 Å². The van der Waals surface area contributed by atoms with Gasteiger partial charge in [-0.3, -0.25) is 0 Å². The summed E-state index contributed by atoms with van der Waals surface area (Å²) in [5, 5.41) is 11.8. The quantitative estimate of drug-likeness (QED) is 0.173. The van der Waals surface area contributed by atoms with E-state index < -0.39 is 0 Å². The van der Waals surface area contributed by atoms with Gasteiger partial charge in [0.1, 0.15) is 0 Å². The van der Waals surface area contributed by atoms with Gasteiger partial charge in [-0.2, -0.15) is 5.26 Å². The lowest BCUT2D eigenvalue weighted by Gasteiger charge is -2.34. The molecule has 0 amide bonds. The summed E-state index contributed by atoms with van der Waals surface area (Å²) in [6.07, 6.45) is 10.5. The van der Waals surface area contributed by atoms with Crippen molar-refractivity contribution in [1.82, 2.24) is 9.97 Å². The van der Waals surface area contributed by atoms with Crippen LogP contribution < -0.4 is 0 Å². The molecule has 0 bridgehead atoms. The largest absolute Gasteiger partial charge is 0.228 e. The Morgan fingerprint density at radius 2 is 1.20 bits per heavy atom. The van der Waals surface area contributed by atoms with Gasteiger partial charge in [-0.25, -0.2) is 9.97 Å². The second-order valence-corrected chi connectivity index (χ2v) is 14.3. The first kappa shape index (κ1) is 35.4. The monoisotopic (exact) mass is 709 g/mol. The third-order valence-corrected chi connectivity index (χ3v) is 10.8. The molecule has 1 unspecified atom stereocenters. The molecule has 9 rings (SSSR count). The Bertz CT molecular complexity index is 2570. The Kier molecular flexibility index (Phi) is 9.90. The molecule has 0 radical (unpaired) electrons. The zero-order valence-electron chi connectivity index (χ0n) is 31.6. The molecule has 1 aromatic heterocycles. The Balaban J connectivity index is 0.00000210. The van der Waals surface area contributed by atoms with Gasteiger partial charge in [-0.05, 0) is 99.3 Å². The van der Waals surface area contributed by atoms with E-state index in [2.05, 4.69) is 146 Å². The Morgan fingerprint density at radius 1 is 0.582 bits per heavy atom. The fraction of sp³-hybridized carbons (Fsp3) is 0.135. The number of nitrogens with zero attached hydrogens (tertiary/aromatic N) is 3. The highest BCUT2D eigenvalue weighted by Crippen LogP contribution is 2.46. The maximum Gasteiger partial charge on any atom is 0.160 e. The minimum atomic E-state index is -0.170. The van der Waals surface area contributed by atoms with Crippen LogP contribution in [-0.4, -0.2) is 9.97 Å². The molecule has 266 valence electrons. The lowest BCUT2D eigenvalue weighted by atomic mass is 9.70. The first-order valence-corrected chi connectivity index (χ1v) is 19.3. The molecule has 0 aliphatic heterocycles. The Morgan fingerprint density at radius 3 is 1.89 bits per heavy atom. The number of rotatable bonds is 6. The summed E-state index contributed by atoms with van der Waals surface area (Å²) in [7, 11) is 0. The van der Waals surface area contributed by atoms with Crippen molar-refractivity contribution in [3.8, 4) is 51.1 Å². The normalized spacial score (nSPS) is 16.1. The van der Waals surface area contributed by atoms with Gasteiger partial charge in [0.2, 0.25) is 0 Å². The summed E-state index contributed by atoms with van der Waals surface area (Å²) >= 11 is 0. The van der Waals surface area contributed by atoms with Gasteiger partial charge in [0, 0.05) is 22.1 Å². The van der Waals surface area contributed by atoms with Gasteiger partial charge in [0.15, 0.2) is 5.82 Å². The molecule has 0 spiro atoms. The molecule has 7 aromatic rings. The Hall–Kier alpha value is -6.63. The highest BCUT2D eigenvalue weighted by Gasteiger charge is 2.31. The number of hydrogen-bond acceptors (Lipinski definition) is 3. The average Bonchev–Trinajstić information content (AvgIpc) is 3.27. The molecule has 2 aliphatic carbocycles. The fourth-order valence-corrected chi connectivity index (χ4v) is 7.88. The van der Waals surface area contributed by atoms with E-state index in [1.54, 1.807) is 0 Å². The van der Waals surface area contributed by atoms with Crippen molar-refractivity contribution in [1.29, 1.82) is 5.26 Å². The van der Waals surface area contributed by atoms with E-state index in [1.165, 1.54) is 44.2 Å². The van der Waals surface area contributed by atoms with Gasteiger partial charge in [-0.1, -0.05) is 160 Å². The zero-order chi connectivity index (χ0) is 37.8. The lowest BCUT2D eigenvalue weighted by Crippen LogP contribution is -2.23. The molecule has 55 heavy (non-hydrogen) atoms. The number of fused-ring (bicyclic) bond motifs is 2. The van der Waals surface area contributed by atoms with Crippen molar-refractivity contribution < 1.29 is 0 Å². The third-order valence-electron chi connectivity index (χ3n) is 10.8. The van der Waals surface area contributed by atoms with E-state index in [4.69, 9.17) is 9.97 Å². The lowest BCUT2D eigenvalue weighted by molar-refractivity contribution is 0.589. The van der Waals surface area contributed by atoms with Crippen molar-refractivity contribution in [3.05, 3.63) is 198 Å². The molecule has 1 heterocycles. The number of nitriles is 1. The summed E-state index contributed by atoms with van der Waals surface area (Å²) < 4.78 is 0. The van der Waals surface area contributed by atoms with Crippen molar-refractivity contribution >= 4 is 16.3 Å². The Labute approximate surface area is 324 Å². The van der Waals surface area contributed by atoms with Crippen LogP contribution in [0.4, 0.5) is 0 Å². The highest BCUT2D eigenvalue weighted by molar-refractivity contribution is 6.01. The van der Waals surface area contributed by atoms with E-state index in [1.807, 2.05) is 50.2 Å². The van der Waals surface area contributed by atoms with E-state index in [-0.39, 0.29) is 5.41 Å². The van der Waals surface area contributed by atoms with Gasteiger partial charge in [-0.15, -0.1) is 0 Å². The van der Waals surface area contributed by atoms with Crippen molar-refractivity contribution in [2.75, 3.05) is 0 Å². The first-order chi connectivity index (χ1) is 27.0. The standard InChI is InChI=1S/C50H37N3.C2H6/c1-50(42-25-23-38(24-26-42)48-31-47(37-11-4-2-5-12-37)52-49(53-48)39-13-6-3-7-14-39)28-27-35-16-10-18-44(46(35)32-50)41-29-40-15-8-9-17-43(40)45(30-41)36-21-19-34(33-51)20-22-36;1-2/h2-9,11-15,17-27,29-32H,10,16,28H2,1H3;1-2H3. The van der Waals surface area contributed by atoms with Crippen molar-refractivity contribution in [3.63, 3.8) is 0 Å². The molecule has 0 fully saturated rings. The number of hydrogen-bond donors (Lipinski definition) is 0. The first-order valence-electron chi connectivity index (χ1n) is 19.3.